The Labute approximate surface area is 108 Å². The average Bonchev–Trinajstić information content (AvgIpc) is 2.38. The molecular formula is C14H20N2O2. The van der Waals surface area contributed by atoms with Gasteiger partial charge in [-0.3, -0.25) is 4.79 Å². The summed E-state index contributed by atoms with van der Waals surface area (Å²) in [6.07, 6.45) is 2.46. The van der Waals surface area contributed by atoms with Crippen LogP contribution < -0.4 is 10.6 Å². The number of nitrogens with zero attached hydrogens (tertiary/aromatic N) is 1. The minimum absolute atomic E-state index is 0.120. The molecule has 0 spiro atoms. The molecule has 1 aromatic rings. The van der Waals surface area contributed by atoms with Crippen molar-refractivity contribution in [2.45, 2.75) is 26.2 Å². The third-order valence-electron chi connectivity index (χ3n) is 3.19. The summed E-state index contributed by atoms with van der Waals surface area (Å²) >= 11 is 0. The summed E-state index contributed by atoms with van der Waals surface area (Å²) in [7, 11) is 0. The Bertz CT molecular complexity index is 432. The highest BCUT2D eigenvalue weighted by atomic mass is 16.5. The summed E-state index contributed by atoms with van der Waals surface area (Å²) < 4.78 is 5.23. The van der Waals surface area contributed by atoms with Gasteiger partial charge in [-0.15, -0.1) is 0 Å². The van der Waals surface area contributed by atoms with E-state index in [1.807, 2.05) is 30.0 Å². The smallest absolute Gasteiger partial charge is 0.229 e. The highest BCUT2D eigenvalue weighted by molar-refractivity contribution is 5.95. The molecule has 4 heteroatoms. The molecule has 2 rings (SSSR count). The first kappa shape index (κ1) is 12.9. The SMILES string of the molecule is CCOCCC(=O)N1CCCc2ccc(N)cc21. The van der Waals surface area contributed by atoms with E-state index in [2.05, 4.69) is 0 Å². The Morgan fingerprint density at radius 3 is 3.11 bits per heavy atom. The van der Waals surface area contributed by atoms with Crippen LogP contribution in [0.5, 0.6) is 0 Å². The van der Waals surface area contributed by atoms with Crippen molar-refractivity contribution in [2.75, 3.05) is 30.4 Å². The second-order valence-electron chi connectivity index (χ2n) is 4.48. The predicted molar refractivity (Wildman–Crippen MR) is 72.6 cm³/mol. The normalized spacial score (nSPS) is 14.4. The van der Waals surface area contributed by atoms with Crippen LogP contribution in [-0.2, 0) is 16.0 Å². The summed E-state index contributed by atoms with van der Waals surface area (Å²) in [5.74, 6) is 0.120. The average molecular weight is 248 g/mol. The Balaban J connectivity index is 2.11. The number of hydrogen-bond donors (Lipinski definition) is 1. The van der Waals surface area contributed by atoms with Gasteiger partial charge in [0.2, 0.25) is 5.91 Å². The molecule has 1 heterocycles. The van der Waals surface area contributed by atoms with E-state index in [1.165, 1.54) is 5.56 Å². The summed E-state index contributed by atoms with van der Waals surface area (Å²) in [6.45, 7) is 3.85. The highest BCUT2D eigenvalue weighted by Crippen LogP contribution is 2.29. The van der Waals surface area contributed by atoms with Crippen LogP contribution in [0.1, 0.15) is 25.3 Å². The largest absolute Gasteiger partial charge is 0.399 e. The van der Waals surface area contributed by atoms with E-state index in [4.69, 9.17) is 10.5 Å². The van der Waals surface area contributed by atoms with E-state index in [0.29, 0.717) is 25.3 Å². The molecule has 1 aliphatic rings. The molecule has 0 unspecified atom stereocenters. The first-order chi connectivity index (χ1) is 8.72. The number of amides is 1. The van der Waals surface area contributed by atoms with Crippen molar-refractivity contribution in [3.63, 3.8) is 0 Å². The van der Waals surface area contributed by atoms with Crippen LogP contribution in [0.3, 0.4) is 0 Å². The Hall–Kier alpha value is -1.55. The number of nitrogen functional groups attached to an aromatic ring is 1. The Morgan fingerprint density at radius 1 is 1.50 bits per heavy atom. The first-order valence-corrected chi connectivity index (χ1v) is 6.49. The van der Waals surface area contributed by atoms with Gasteiger partial charge in [-0.2, -0.15) is 0 Å². The number of carbonyl (C=O) groups is 1. The van der Waals surface area contributed by atoms with Crippen LogP contribution in [0.4, 0.5) is 11.4 Å². The lowest BCUT2D eigenvalue weighted by molar-refractivity contribution is -0.119. The van der Waals surface area contributed by atoms with Gasteiger partial charge in [0.25, 0.3) is 0 Å². The third kappa shape index (κ3) is 2.82. The Kier molecular flexibility index (Phi) is 4.20. The molecule has 0 aliphatic carbocycles. The molecule has 0 atom stereocenters. The maximum atomic E-state index is 12.2. The quantitative estimate of drug-likeness (QED) is 0.654. The van der Waals surface area contributed by atoms with Gasteiger partial charge in [0.05, 0.1) is 13.0 Å². The maximum Gasteiger partial charge on any atom is 0.229 e. The zero-order valence-corrected chi connectivity index (χ0v) is 10.8. The maximum absolute atomic E-state index is 12.2. The van der Waals surface area contributed by atoms with Gasteiger partial charge >= 0.3 is 0 Å². The number of nitrogens with two attached hydrogens (primary N) is 1. The van der Waals surface area contributed by atoms with E-state index < -0.39 is 0 Å². The summed E-state index contributed by atoms with van der Waals surface area (Å²) in [6, 6.07) is 5.81. The molecule has 0 aromatic heterocycles. The molecule has 0 bridgehead atoms. The van der Waals surface area contributed by atoms with Crippen LogP contribution in [-0.4, -0.2) is 25.7 Å². The van der Waals surface area contributed by atoms with E-state index >= 15 is 0 Å². The highest BCUT2D eigenvalue weighted by Gasteiger charge is 2.22. The van der Waals surface area contributed by atoms with Gasteiger partial charge in [-0.25, -0.2) is 0 Å². The van der Waals surface area contributed by atoms with Crippen molar-refractivity contribution < 1.29 is 9.53 Å². The number of hydrogen-bond acceptors (Lipinski definition) is 3. The van der Waals surface area contributed by atoms with Crippen molar-refractivity contribution in [2.24, 2.45) is 0 Å². The molecular weight excluding hydrogens is 228 g/mol. The van der Waals surface area contributed by atoms with Crippen LogP contribution in [0, 0.1) is 0 Å². The topological polar surface area (TPSA) is 55.6 Å². The van der Waals surface area contributed by atoms with Crippen molar-refractivity contribution in [3.05, 3.63) is 23.8 Å². The lowest BCUT2D eigenvalue weighted by atomic mass is 10.0. The molecule has 1 amide bonds. The standard InChI is InChI=1S/C14H20N2O2/c1-2-18-9-7-14(17)16-8-3-4-11-5-6-12(15)10-13(11)16/h5-6,10H,2-4,7-9,15H2,1H3. The lowest BCUT2D eigenvalue weighted by Gasteiger charge is -2.29. The minimum atomic E-state index is 0.120. The summed E-state index contributed by atoms with van der Waals surface area (Å²) in [4.78, 5) is 14.0. The number of fused-ring (bicyclic) bond motifs is 1. The van der Waals surface area contributed by atoms with Crippen molar-refractivity contribution in [3.8, 4) is 0 Å². The van der Waals surface area contributed by atoms with Gasteiger partial charge < -0.3 is 15.4 Å². The number of aryl methyl sites for hydroxylation is 1. The molecule has 1 aliphatic heterocycles. The van der Waals surface area contributed by atoms with Crippen LogP contribution in [0.2, 0.25) is 0 Å². The first-order valence-electron chi connectivity index (χ1n) is 6.49. The molecule has 2 N–H and O–H groups in total. The number of carbonyl (C=O) groups excluding carboxylic acids is 1. The van der Waals surface area contributed by atoms with Gasteiger partial charge in [-0.05, 0) is 37.5 Å². The molecule has 98 valence electrons. The van der Waals surface area contributed by atoms with E-state index in [-0.39, 0.29) is 5.91 Å². The van der Waals surface area contributed by atoms with Gasteiger partial charge in [0, 0.05) is 24.5 Å². The monoisotopic (exact) mass is 248 g/mol. The van der Waals surface area contributed by atoms with E-state index in [0.717, 1.165) is 25.1 Å². The minimum Gasteiger partial charge on any atom is -0.399 e. The number of benzene rings is 1. The molecule has 18 heavy (non-hydrogen) atoms. The number of rotatable bonds is 4. The lowest BCUT2D eigenvalue weighted by Crippen LogP contribution is -2.36. The number of anilines is 2. The molecule has 1 aromatic carbocycles. The van der Waals surface area contributed by atoms with Crippen LogP contribution in [0.25, 0.3) is 0 Å². The number of ether oxygens (including phenoxy) is 1. The fraction of sp³-hybridized carbons (Fsp3) is 0.500. The van der Waals surface area contributed by atoms with Crippen molar-refractivity contribution in [1.82, 2.24) is 0 Å². The fourth-order valence-electron chi connectivity index (χ4n) is 2.29. The van der Waals surface area contributed by atoms with Gasteiger partial charge in [0.1, 0.15) is 0 Å². The third-order valence-corrected chi connectivity index (χ3v) is 3.19. The fourth-order valence-corrected chi connectivity index (χ4v) is 2.29. The van der Waals surface area contributed by atoms with Crippen LogP contribution in [0.15, 0.2) is 18.2 Å². The molecule has 0 fully saturated rings. The second-order valence-corrected chi connectivity index (χ2v) is 4.48. The molecule has 0 radical (unpaired) electrons. The summed E-state index contributed by atoms with van der Waals surface area (Å²) in [5.41, 5.74) is 8.69. The van der Waals surface area contributed by atoms with Gasteiger partial charge in [0.15, 0.2) is 0 Å². The van der Waals surface area contributed by atoms with E-state index in [1.54, 1.807) is 0 Å². The zero-order valence-electron chi connectivity index (χ0n) is 10.8. The van der Waals surface area contributed by atoms with Crippen LogP contribution >= 0.6 is 0 Å². The predicted octanol–water partition coefficient (Wildman–Crippen LogP) is 1.97. The molecule has 0 saturated heterocycles. The van der Waals surface area contributed by atoms with Crippen molar-refractivity contribution >= 4 is 17.3 Å². The van der Waals surface area contributed by atoms with E-state index in [9.17, 15) is 4.79 Å². The molecule has 4 nitrogen and oxygen atoms in total. The van der Waals surface area contributed by atoms with Crippen molar-refractivity contribution in [1.29, 1.82) is 0 Å². The summed E-state index contributed by atoms with van der Waals surface area (Å²) in [5, 5.41) is 0. The second kappa shape index (κ2) is 5.87. The zero-order chi connectivity index (χ0) is 13.0. The molecule has 0 saturated carbocycles. The Morgan fingerprint density at radius 2 is 2.33 bits per heavy atom. The van der Waals surface area contributed by atoms with Gasteiger partial charge in [-0.1, -0.05) is 6.07 Å².